The van der Waals surface area contributed by atoms with E-state index >= 15 is 0 Å². The van der Waals surface area contributed by atoms with Crippen molar-refractivity contribution >= 4 is 5.78 Å². The molecule has 1 aromatic rings. The third kappa shape index (κ3) is 2.81. The summed E-state index contributed by atoms with van der Waals surface area (Å²) in [4.78, 5) is 13.0. The summed E-state index contributed by atoms with van der Waals surface area (Å²) in [6.45, 7) is 3.95. The molecular weight excluding hydrogens is 238 g/mol. The largest absolute Gasteiger partial charge is 0.496 e. The van der Waals surface area contributed by atoms with Crippen molar-refractivity contribution in [3.8, 4) is 5.75 Å². The van der Waals surface area contributed by atoms with Crippen LogP contribution in [0.2, 0.25) is 0 Å². The molecule has 1 atom stereocenters. The number of carbonyl (C=O) groups excluding carboxylic acids is 1. The van der Waals surface area contributed by atoms with Gasteiger partial charge in [-0.05, 0) is 37.9 Å². The van der Waals surface area contributed by atoms with Crippen LogP contribution in [-0.2, 0) is 0 Å². The van der Waals surface area contributed by atoms with Crippen molar-refractivity contribution in [1.82, 2.24) is 5.32 Å². The van der Waals surface area contributed by atoms with Gasteiger partial charge in [0.15, 0.2) is 5.78 Å². The Morgan fingerprint density at radius 3 is 2.84 bits per heavy atom. The van der Waals surface area contributed by atoms with Crippen molar-refractivity contribution in [1.29, 1.82) is 0 Å². The molecule has 0 saturated carbocycles. The number of hydrogen-bond donors (Lipinski definition) is 1. The molecule has 1 heterocycles. The lowest BCUT2D eigenvalue weighted by atomic mass is 9.71. The second-order valence-electron chi connectivity index (χ2n) is 5.34. The fourth-order valence-corrected chi connectivity index (χ4v) is 3.09. The number of hydrogen-bond acceptors (Lipinski definition) is 3. The summed E-state index contributed by atoms with van der Waals surface area (Å²) in [7, 11) is 1.62. The highest BCUT2D eigenvalue weighted by atomic mass is 16.5. The van der Waals surface area contributed by atoms with Crippen molar-refractivity contribution in [2.75, 3.05) is 20.2 Å². The van der Waals surface area contributed by atoms with Crippen molar-refractivity contribution in [3.63, 3.8) is 0 Å². The van der Waals surface area contributed by atoms with Crippen LogP contribution in [0.15, 0.2) is 24.3 Å². The van der Waals surface area contributed by atoms with Gasteiger partial charge in [-0.1, -0.05) is 25.5 Å². The Labute approximate surface area is 115 Å². The number of ether oxygens (including phenoxy) is 1. The molecule has 0 amide bonds. The van der Waals surface area contributed by atoms with E-state index in [4.69, 9.17) is 4.74 Å². The molecule has 1 aliphatic heterocycles. The average Bonchev–Trinajstić information content (AvgIpc) is 2.47. The predicted molar refractivity (Wildman–Crippen MR) is 76.8 cm³/mol. The molecule has 1 aromatic carbocycles. The molecule has 0 radical (unpaired) electrons. The summed E-state index contributed by atoms with van der Waals surface area (Å²) in [6.07, 6.45) is 4.02. The van der Waals surface area contributed by atoms with Crippen LogP contribution in [0.1, 0.15) is 43.0 Å². The molecule has 3 nitrogen and oxygen atoms in total. The predicted octanol–water partition coefficient (Wildman–Crippen LogP) is 3.05. The van der Waals surface area contributed by atoms with Crippen LogP contribution in [0, 0.1) is 5.41 Å². The third-order valence-corrected chi connectivity index (χ3v) is 4.03. The van der Waals surface area contributed by atoms with Gasteiger partial charge in [-0.25, -0.2) is 0 Å². The molecule has 1 N–H and O–H groups in total. The van der Waals surface area contributed by atoms with E-state index in [0.29, 0.717) is 5.75 Å². The number of benzene rings is 1. The number of ketones is 1. The molecule has 0 aliphatic carbocycles. The molecule has 1 unspecified atom stereocenters. The second kappa shape index (κ2) is 6.20. The standard InChI is InChI=1S/C16H23NO2/c1-3-9-16(10-6-11-17-12-16)15(18)13-7-4-5-8-14(13)19-2/h4-5,7-8,17H,3,6,9-12H2,1-2H3. The van der Waals surface area contributed by atoms with Gasteiger partial charge in [-0.3, -0.25) is 4.79 Å². The maximum absolute atomic E-state index is 13.0. The molecule has 1 saturated heterocycles. The number of carbonyl (C=O) groups is 1. The molecule has 0 aromatic heterocycles. The summed E-state index contributed by atoms with van der Waals surface area (Å²) in [6, 6.07) is 7.56. The lowest BCUT2D eigenvalue weighted by molar-refractivity contribution is 0.0714. The van der Waals surface area contributed by atoms with Gasteiger partial charge in [0.25, 0.3) is 0 Å². The lowest BCUT2D eigenvalue weighted by Crippen LogP contribution is -2.45. The van der Waals surface area contributed by atoms with E-state index in [0.717, 1.165) is 44.3 Å². The van der Waals surface area contributed by atoms with Gasteiger partial charge >= 0.3 is 0 Å². The Balaban J connectivity index is 2.33. The van der Waals surface area contributed by atoms with Crippen LogP contribution < -0.4 is 10.1 Å². The molecule has 104 valence electrons. The molecule has 19 heavy (non-hydrogen) atoms. The van der Waals surface area contributed by atoms with Gasteiger partial charge in [0.1, 0.15) is 5.75 Å². The molecule has 0 spiro atoms. The second-order valence-corrected chi connectivity index (χ2v) is 5.34. The van der Waals surface area contributed by atoms with E-state index in [1.807, 2.05) is 24.3 Å². The number of para-hydroxylation sites is 1. The van der Waals surface area contributed by atoms with Gasteiger partial charge < -0.3 is 10.1 Å². The van der Waals surface area contributed by atoms with Gasteiger partial charge in [-0.15, -0.1) is 0 Å². The van der Waals surface area contributed by atoms with Crippen LogP contribution in [0.5, 0.6) is 5.75 Å². The van der Waals surface area contributed by atoms with Crippen LogP contribution in [-0.4, -0.2) is 26.0 Å². The smallest absolute Gasteiger partial charge is 0.173 e. The van der Waals surface area contributed by atoms with Gasteiger partial charge in [0.2, 0.25) is 0 Å². The van der Waals surface area contributed by atoms with E-state index in [1.165, 1.54) is 0 Å². The first-order valence-corrected chi connectivity index (χ1v) is 7.12. The van der Waals surface area contributed by atoms with Crippen molar-refractivity contribution < 1.29 is 9.53 Å². The molecule has 0 bridgehead atoms. The molecule has 1 aliphatic rings. The maximum Gasteiger partial charge on any atom is 0.173 e. The summed E-state index contributed by atoms with van der Waals surface area (Å²) >= 11 is 0. The number of nitrogens with one attached hydrogen (secondary N) is 1. The summed E-state index contributed by atoms with van der Waals surface area (Å²) in [5.41, 5.74) is 0.476. The molecular formula is C16H23NO2. The van der Waals surface area contributed by atoms with Crippen LogP contribution >= 0.6 is 0 Å². The fraction of sp³-hybridized carbons (Fsp3) is 0.562. The highest BCUT2D eigenvalue weighted by Crippen LogP contribution is 2.37. The van der Waals surface area contributed by atoms with Crippen LogP contribution in [0.25, 0.3) is 0 Å². The third-order valence-electron chi connectivity index (χ3n) is 4.03. The lowest BCUT2D eigenvalue weighted by Gasteiger charge is -2.36. The zero-order valence-electron chi connectivity index (χ0n) is 11.9. The van der Waals surface area contributed by atoms with Crippen LogP contribution in [0.4, 0.5) is 0 Å². The molecule has 3 heteroatoms. The Hall–Kier alpha value is -1.35. The van der Waals surface area contributed by atoms with Gasteiger partial charge in [0.05, 0.1) is 12.7 Å². The van der Waals surface area contributed by atoms with E-state index in [2.05, 4.69) is 12.2 Å². The SMILES string of the molecule is CCCC1(C(=O)c2ccccc2OC)CCCNC1. The number of rotatable bonds is 5. The van der Waals surface area contributed by atoms with E-state index < -0.39 is 0 Å². The van der Waals surface area contributed by atoms with Crippen molar-refractivity contribution in [3.05, 3.63) is 29.8 Å². The first-order chi connectivity index (χ1) is 9.23. The van der Waals surface area contributed by atoms with E-state index in [1.54, 1.807) is 7.11 Å². The Bertz CT molecular complexity index is 431. The van der Waals surface area contributed by atoms with E-state index in [-0.39, 0.29) is 11.2 Å². The first kappa shape index (κ1) is 14.1. The highest BCUT2D eigenvalue weighted by Gasteiger charge is 2.39. The van der Waals surface area contributed by atoms with Gasteiger partial charge in [0, 0.05) is 12.0 Å². The number of Topliss-reactive ketones (excluding diaryl/α,β-unsaturated/α-hetero) is 1. The first-order valence-electron chi connectivity index (χ1n) is 7.12. The summed E-state index contributed by atoms with van der Waals surface area (Å²) in [5, 5.41) is 3.39. The minimum atomic E-state index is -0.248. The highest BCUT2D eigenvalue weighted by molar-refractivity contribution is 6.03. The zero-order valence-corrected chi connectivity index (χ0v) is 11.9. The minimum absolute atomic E-state index is 0.235. The Morgan fingerprint density at radius 1 is 1.42 bits per heavy atom. The van der Waals surface area contributed by atoms with Gasteiger partial charge in [-0.2, -0.15) is 0 Å². The molecule has 1 fully saturated rings. The monoisotopic (exact) mass is 261 g/mol. The minimum Gasteiger partial charge on any atom is -0.496 e. The average molecular weight is 261 g/mol. The topological polar surface area (TPSA) is 38.3 Å². The normalized spacial score (nSPS) is 23.1. The summed E-state index contributed by atoms with van der Waals surface area (Å²) in [5.74, 6) is 0.924. The van der Waals surface area contributed by atoms with E-state index in [9.17, 15) is 4.79 Å². The van der Waals surface area contributed by atoms with Crippen LogP contribution in [0.3, 0.4) is 0 Å². The molecule has 2 rings (SSSR count). The fourth-order valence-electron chi connectivity index (χ4n) is 3.09. The Morgan fingerprint density at radius 2 is 2.21 bits per heavy atom. The number of piperidine rings is 1. The number of methoxy groups -OCH3 is 1. The van der Waals surface area contributed by atoms with Crippen molar-refractivity contribution in [2.45, 2.75) is 32.6 Å². The van der Waals surface area contributed by atoms with Crippen molar-refractivity contribution in [2.24, 2.45) is 5.41 Å². The summed E-state index contributed by atoms with van der Waals surface area (Å²) < 4.78 is 5.34. The quantitative estimate of drug-likeness (QED) is 0.828. The maximum atomic E-state index is 13.0. The Kier molecular flexibility index (Phi) is 4.59. The zero-order chi connectivity index (χ0) is 13.7.